The Morgan fingerprint density at radius 1 is 1.21 bits per heavy atom. The van der Waals surface area contributed by atoms with E-state index < -0.39 is 5.97 Å². The van der Waals surface area contributed by atoms with Gasteiger partial charge in [0.1, 0.15) is 5.52 Å². The van der Waals surface area contributed by atoms with Crippen molar-refractivity contribution in [1.82, 2.24) is 9.55 Å². The number of aliphatic hydroxyl groups is 1. The molecule has 0 aliphatic rings. The lowest BCUT2D eigenvalue weighted by atomic mass is 10.1. The number of hydrogen-bond acceptors (Lipinski definition) is 3. The number of aromatic nitrogens is 2. The minimum Gasteiger partial charge on any atom is -0.478 e. The van der Waals surface area contributed by atoms with E-state index in [0.717, 1.165) is 37.7 Å². The predicted molar refractivity (Wildman–Crippen MR) is 72.2 cm³/mol. The summed E-state index contributed by atoms with van der Waals surface area (Å²) in [5.41, 5.74) is 1.66. The summed E-state index contributed by atoms with van der Waals surface area (Å²) < 4.78 is 1.99. The third-order valence-corrected chi connectivity index (χ3v) is 3.19. The Labute approximate surface area is 111 Å². The number of imidazole rings is 1. The summed E-state index contributed by atoms with van der Waals surface area (Å²) in [5.74, 6) is -0.946. The third kappa shape index (κ3) is 3.12. The molecule has 1 aromatic heterocycles. The highest BCUT2D eigenvalue weighted by Gasteiger charge is 2.11. The Bertz CT molecular complexity index is 563. The molecule has 19 heavy (non-hydrogen) atoms. The number of carbonyl (C=O) groups is 1. The second kappa shape index (κ2) is 6.33. The van der Waals surface area contributed by atoms with Crippen molar-refractivity contribution in [2.24, 2.45) is 0 Å². The topological polar surface area (TPSA) is 75.3 Å². The van der Waals surface area contributed by atoms with Gasteiger partial charge in [-0.05, 0) is 25.0 Å². The number of nitrogens with zero attached hydrogens (tertiary/aromatic N) is 2. The van der Waals surface area contributed by atoms with Gasteiger partial charge in [0.2, 0.25) is 0 Å². The van der Waals surface area contributed by atoms with Gasteiger partial charge in [-0.1, -0.05) is 18.9 Å². The molecule has 2 aromatic rings. The van der Waals surface area contributed by atoms with Crippen molar-refractivity contribution < 1.29 is 15.0 Å². The van der Waals surface area contributed by atoms with Crippen molar-refractivity contribution >= 4 is 17.0 Å². The van der Waals surface area contributed by atoms with Crippen LogP contribution in [0.15, 0.2) is 24.5 Å². The lowest BCUT2D eigenvalue weighted by Gasteiger charge is -2.04. The summed E-state index contributed by atoms with van der Waals surface area (Å²) in [7, 11) is 0. The van der Waals surface area contributed by atoms with Crippen LogP contribution in [-0.2, 0) is 6.54 Å². The van der Waals surface area contributed by atoms with Crippen molar-refractivity contribution in [2.45, 2.75) is 32.2 Å². The number of rotatable bonds is 7. The lowest BCUT2D eigenvalue weighted by molar-refractivity contribution is 0.0699. The van der Waals surface area contributed by atoms with Crippen LogP contribution < -0.4 is 0 Å². The molecule has 2 rings (SSSR count). The van der Waals surface area contributed by atoms with Gasteiger partial charge < -0.3 is 14.8 Å². The summed E-state index contributed by atoms with van der Waals surface area (Å²) in [5, 5.41) is 17.8. The maximum Gasteiger partial charge on any atom is 0.337 e. The fourth-order valence-electron chi connectivity index (χ4n) is 2.19. The summed E-state index contributed by atoms with van der Waals surface area (Å²) in [6.45, 7) is 1.07. The average Bonchev–Trinajstić information content (AvgIpc) is 2.81. The first-order valence-corrected chi connectivity index (χ1v) is 6.52. The predicted octanol–water partition coefficient (Wildman–Crippen LogP) is 2.29. The van der Waals surface area contributed by atoms with Crippen molar-refractivity contribution in [3.8, 4) is 0 Å². The number of aryl methyl sites for hydroxylation is 1. The maximum absolute atomic E-state index is 11.1. The molecule has 1 heterocycles. The number of unbranched alkanes of at least 4 members (excludes halogenated alkanes) is 3. The second-order valence-corrected chi connectivity index (χ2v) is 4.55. The normalized spacial score (nSPS) is 11.0. The Morgan fingerprint density at radius 3 is 2.74 bits per heavy atom. The number of aliphatic hydroxyl groups excluding tert-OH is 1. The SMILES string of the molecule is O=C(O)c1cccc2c1ncn2CCCCCCO. The van der Waals surface area contributed by atoms with Gasteiger partial charge in [-0.3, -0.25) is 0 Å². The number of para-hydroxylation sites is 1. The standard InChI is InChI=1S/C14H18N2O3/c17-9-4-2-1-3-8-16-10-15-13-11(14(18)19)6-5-7-12(13)16/h5-7,10,17H,1-4,8-9H2,(H,18,19). The number of benzene rings is 1. The highest BCUT2D eigenvalue weighted by Crippen LogP contribution is 2.18. The summed E-state index contributed by atoms with van der Waals surface area (Å²) in [6, 6.07) is 5.21. The van der Waals surface area contributed by atoms with Crippen molar-refractivity contribution in [2.75, 3.05) is 6.61 Å². The second-order valence-electron chi connectivity index (χ2n) is 4.55. The fourth-order valence-corrected chi connectivity index (χ4v) is 2.19. The van der Waals surface area contributed by atoms with Crippen molar-refractivity contribution in [3.63, 3.8) is 0 Å². The molecule has 0 unspecified atom stereocenters. The molecule has 0 saturated carbocycles. The van der Waals surface area contributed by atoms with Gasteiger partial charge in [-0.15, -0.1) is 0 Å². The molecule has 0 saturated heterocycles. The molecular formula is C14H18N2O3. The molecule has 0 atom stereocenters. The molecular weight excluding hydrogens is 244 g/mol. The minimum atomic E-state index is -0.946. The average molecular weight is 262 g/mol. The van der Waals surface area contributed by atoms with Gasteiger partial charge in [-0.25, -0.2) is 9.78 Å². The highest BCUT2D eigenvalue weighted by molar-refractivity contribution is 6.00. The van der Waals surface area contributed by atoms with Gasteiger partial charge in [0, 0.05) is 13.2 Å². The van der Waals surface area contributed by atoms with Gasteiger partial charge in [0.05, 0.1) is 17.4 Å². The van der Waals surface area contributed by atoms with E-state index in [-0.39, 0.29) is 12.2 Å². The zero-order valence-corrected chi connectivity index (χ0v) is 10.7. The summed E-state index contributed by atoms with van der Waals surface area (Å²) >= 11 is 0. The molecule has 5 heteroatoms. The van der Waals surface area contributed by atoms with E-state index in [4.69, 9.17) is 10.2 Å². The monoisotopic (exact) mass is 262 g/mol. The van der Waals surface area contributed by atoms with Gasteiger partial charge in [0.25, 0.3) is 0 Å². The Hall–Kier alpha value is -1.88. The minimum absolute atomic E-state index is 0.246. The number of carboxylic acids is 1. The maximum atomic E-state index is 11.1. The Balaban J connectivity index is 2.08. The van der Waals surface area contributed by atoms with Crippen LogP contribution in [0.25, 0.3) is 11.0 Å². The van der Waals surface area contributed by atoms with E-state index in [1.807, 2.05) is 10.6 Å². The number of hydrogen-bond donors (Lipinski definition) is 2. The molecule has 0 fully saturated rings. The lowest BCUT2D eigenvalue weighted by Crippen LogP contribution is -1.99. The van der Waals surface area contributed by atoms with E-state index in [9.17, 15) is 4.79 Å². The van der Waals surface area contributed by atoms with E-state index in [2.05, 4.69) is 4.98 Å². The van der Waals surface area contributed by atoms with Crippen LogP contribution in [0.3, 0.4) is 0 Å². The number of fused-ring (bicyclic) bond motifs is 1. The third-order valence-electron chi connectivity index (χ3n) is 3.19. The number of carboxylic acid groups (broad SMARTS) is 1. The summed E-state index contributed by atoms with van der Waals surface area (Å²) in [4.78, 5) is 15.3. The van der Waals surface area contributed by atoms with E-state index in [1.165, 1.54) is 0 Å². The molecule has 0 spiro atoms. The molecule has 0 aliphatic carbocycles. The van der Waals surface area contributed by atoms with Crippen LogP contribution >= 0.6 is 0 Å². The Kier molecular flexibility index (Phi) is 4.52. The molecule has 0 bridgehead atoms. The van der Waals surface area contributed by atoms with Gasteiger partial charge in [-0.2, -0.15) is 0 Å². The molecule has 2 N–H and O–H groups in total. The zero-order chi connectivity index (χ0) is 13.7. The molecule has 0 radical (unpaired) electrons. The molecule has 0 amide bonds. The number of aromatic carboxylic acids is 1. The van der Waals surface area contributed by atoms with E-state index >= 15 is 0 Å². The van der Waals surface area contributed by atoms with Crippen LogP contribution in [0.2, 0.25) is 0 Å². The molecule has 0 aliphatic heterocycles. The largest absolute Gasteiger partial charge is 0.478 e. The van der Waals surface area contributed by atoms with Crippen LogP contribution in [0.5, 0.6) is 0 Å². The van der Waals surface area contributed by atoms with Gasteiger partial charge >= 0.3 is 5.97 Å². The quantitative estimate of drug-likeness (QED) is 0.751. The van der Waals surface area contributed by atoms with E-state index in [1.54, 1.807) is 18.5 Å². The fraction of sp³-hybridized carbons (Fsp3) is 0.429. The first kappa shape index (κ1) is 13.5. The van der Waals surface area contributed by atoms with E-state index in [0.29, 0.717) is 5.52 Å². The molecule has 1 aromatic carbocycles. The van der Waals surface area contributed by atoms with Crippen molar-refractivity contribution in [3.05, 3.63) is 30.1 Å². The molecule has 102 valence electrons. The first-order chi connectivity index (χ1) is 9.24. The van der Waals surface area contributed by atoms with Crippen LogP contribution in [0.4, 0.5) is 0 Å². The zero-order valence-electron chi connectivity index (χ0n) is 10.7. The van der Waals surface area contributed by atoms with Crippen LogP contribution in [0, 0.1) is 0 Å². The smallest absolute Gasteiger partial charge is 0.337 e. The van der Waals surface area contributed by atoms with Crippen LogP contribution in [-0.4, -0.2) is 32.3 Å². The first-order valence-electron chi connectivity index (χ1n) is 6.52. The highest BCUT2D eigenvalue weighted by atomic mass is 16.4. The van der Waals surface area contributed by atoms with Crippen LogP contribution in [0.1, 0.15) is 36.0 Å². The van der Waals surface area contributed by atoms with Gasteiger partial charge in [0.15, 0.2) is 0 Å². The summed E-state index contributed by atoms with van der Waals surface area (Å²) in [6.07, 6.45) is 5.61. The van der Waals surface area contributed by atoms with Crippen molar-refractivity contribution in [1.29, 1.82) is 0 Å². The Morgan fingerprint density at radius 2 is 2.00 bits per heavy atom. The molecule has 5 nitrogen and oxygen atoms in total.